The Morgan fingerprint density at radius 1 is 1.16 bits per heavy atom. The topological polar surface area (TPSA) is 46.3 Å². The molecule has 0 radical (unpaired) electrons. The molecule has 3 heterocycles. The van der Waals surface area contributed by atoms with E-state index in [1.54, 1.807) is 17.3 Å². The maximum absolute atomic E-state index is 12.7. The highest BCUT2D eigenvalue weighted by Crippen LogP contribution is 2.38. The van der Waals surface area contributed by atoms with E-state index in [1.165, 1.54) is 0 Å². The Morgan fingerprint density at radius 2 is 1.88 bits per heavy atom. The first-order chi connectivity index (χ1) is 12.1. The van der Waals surface area contributed by atoms with Crippen molar-refractivity contribution in [2.45, 2.75) is 12.3 Å². The number of pyridine rings is 1. The minimum Gasteiger partial charge on any atom is -0.460 e. The standard InChI is InChI=1S/C20H17ClN2O2/c1-23-11-8-16(13-2-4-15(21)5-3-13)19-17(20(23)24)12-18(25-19)14-6-9-22-10-7-14/h2-7,9-10,12,16H,8,11H2,1H3. The molecule has 0 bridgehead atoms. The summed E-state index contributed by atoms with van der Waals surface area (Å²) in [7, 11) is 1.83. The van der Waals surface area contributed by atoms with E-state index >= 15 is 0 Å². The third-order valence-corrected chi connectivity index (χ3v) is 4.90. The van der Waals surface area contributed by atoms with Crippen molar-refractivity contribution >= 4 is 17.5 Å². The Balaban J connectivity index is 1.84. The smallest absolute Gasteiger partial charge is 0.257 e. The summed E-state index contributed by atoms with van der Waals surface area (Å²) < 4.78 is 6.18. The fourth-order valence-corrected chi connectivity index (χ4v) is 3.39. The van der Waals surface area contributed by atoms with Gasteiger partial charge in [-0.15, -0.1) is 0 Å². The van der Waals surface area contributed by atoms with Gasteiger partial charge in [-0.1, -0.05) is 23.7 Å². The Bertz CT molecular complexity index is 903. The molecule has 0 saturated carbocycles. The molecule has 1 aromatic carbocycles. The predicted molar refractivity (Wildman–Crippen MR) is 96.8 cm³/mol. The van der Waals surface area contributed by atoms with Crippen LogP contribution in [0.15, 0.2) is 59.3 Å². The van der Waals surface area contributed by atoms with Crippen molar-refractivity contribution in [2.24, 2.45) is 0 Å². The van der Waals surface area contributed by atoms with Gasteiger partial charge in [0, 0.05) is 42.5 Å². The zero-order valence-electron chi connectivity index (χ0n) is 13.8. The first-order valence-corrected chi connectivity index (χ1v) is 8.56. The molecule has 0 fully saturated rings. The Labute approximate surface area is 151 Å². The summed E-state index contributed by atoms with van der Waals surface area (Å²) in [6, 6.07) is 13.4. The van der Waals surface area contributed by atoms with Gasteiger partial charge in [-0.25, -0.2) is 0 Å². The quantitative estimate of drug-likeness (QED) is 0.677. The number of carbonyl (C=O) groups is 1. The largest absolute Gasteiger partial charge is 0.460 e. The average Bonchev–Trinajstić information content (AvgIpc) is 3.04. The first-order valence-electron chi connectivity index (χ1n) is 8.18. The van der Waals surface area contributed by atoms with Crippen LogP contribution in [0.5, 0.6) is 0 Å². The normalized spacial score (nSPS) is 17.3. The molecule has 1 amide bonds. The van der Waals surface area contributed by atoms with E-state index in [0.29, 0.717) is 22.9 Å². The lowest BCUT2D eigenvalue weighted by Crippen LogP contribution is -2.26. The van der Waals surface area contributed by atoms with Gasteiger partial charge < -0.3 is 9.32 Å². The van der Waals surface area contributed by atoms with E-state index in [4.69, 9.17) is 16.0 Å². The summed E-state index contributed by atoms with van der Waals surface area (Å²) >= 11 is 6.02. The van der Waals surface area contributed by atoms with Gasteiger partial charge in [0.2, 0.25) is 0 Å². The molecule has 0 spiro atoms. The van der Waals surface area contributed by atoms with Gasteiger partial charge in [0.15, 0.2) is 0 Å². The molecule has 3 aromatic rings. The van der Waals surface area contributed by atoms with Gasteiger partial charge in [0.1, 0.15) is 11.5 Å². The molecule has 0 saturated heterocycles. The summed E-state index contributed by atoms with van der Waals surface area (Å²) in [6.45, 7) is 0.681. The number of hydrogen-bond donors (Lipinski definition) is 0. The number of fused-ring (bicyclic) bond motifs is 1. The molecule has 2 aromatic heterocycles. The summed E-state index contributed by atoms with van der Waals surface area (Å²) in [5.74, 6) is 1.44. The molecule has 1 aliphatic heterocycles. The fraction of sp³-hybridized carbons (Fsp3) is 0.200. The van der Waals surface area contributed by atoms with Gasteiger partial charge >= 0.3 is 0 Å². The molecule has 0 N–H and O–H groups in total. The van der Waals surface area contributed by atoms with Crippen LogP contribution in [0.25, 0.3) is 11.3 Å². The zero-order chi connectivity index (χ0) is 17.4. The van der Waals surface area contributed by atoms with Crippen LogP contribution in [0.1, 0.15) is 34.0 Å². The van der Waals surface area contributed by atoms with Crippen molar-refractivity contribution in [3.63, 3.8) is 0 Å². The predicted octanol–water partition coefficient (Wildman–Crippen LogP) is 4.60. The highest BCUT2D eigenvalue weighted by atomic mass is 35.5. The van der Waals surface area contributed by atoms with Crippen LogP contribution in [-0.2, 0) is 0 Å². The summed E-state index contributed by atoms with van der Waals surface area (Å²) in [6.07, 6.45) is 4.24. The van der Waals surface area contributed by atoms with Gasteiger partial charge in [0.25, 0.3) is 5.91 Å². The highest BCUT2D eigenvalue weighted by Gasteiger charge is 2.31. The second-order valence-corrected chi connectivity index (χ2v) is 6.68. The number of benzene rings is 1. The number of hydrogen-bond acceptors (Lipinski definition) is 3. The maximum atomic E-state index is 12.7. The molecule has 1 aliphatic rings. The highest BCUT2D eigenvalue weighted by molar-refractivity contribution is 6.30. The molecule has 25 heavy (non-hydrogen) atoms. The number of carbonyl (C=O) groups excluding carboxylic acids is 1. The molecule has 1 atom stereocenters. The lowest BCUT2D eigenvalue weighted by atomic mass is 9.92. The van der Waals surface area contributed by atoms with Crippen molar-refractivity contribution in [2.75, 3.05) is 13.6 Å². The van der Waals surface area contributed by atoms with E-state index in [0.717, 1.165) is 23.3 Å². The van der Waals surface area contributed by atoms with E-state index in [-0.39, 0.29) is 11.8 Å². The number of amides is 1. The van der Waals surface area contributed by atoms with Crippen LogP contribution < -0.4 is 0 Å². The van der Waals surface area contributed by atoms with Crippen LogP contribution in [0, 0.1) is 0 Å². The molecule has 4 rings (SSSR count). The van der Waals surface area contributed by atoms with E-state index < -0.39 is 0 Å². The first kappa shape index (κ1) is 15.9. The lowest BCUT2D eigenvalue weighted by molar-refractivity contribution is 0.0799. The molecule has 4 nitrogen and oxygen atoms in total. The Hall–Kier alpha value is -2.59. The van der Waals surface area contributed by atoms with Gasteiger partial charge in [-0.2, -0.15) is 0 Å². The second-order valence-electron chi connectivity index (χ2n) is 6.24. The van der Waals surface area contributed by atoms with Gasteiger partial charge in [-0.05, 0) is 42.3 Å². The number of halogens is 1. The third kappa shape index (κ3) is 2.94. The van der Waals surface area contributed by atoms with E-state index in [2.05, 4.69) is 4.98 Å². The number of aromatic nitrogens is 1. The van der Waals surface area contributed by atoms with E-state index in [1.807, 2.05) is 49.5 Å². The molecule has 126 valence electrons. The molecular weight excluding hydrogens is 336 g/mol. The maximum Gasteiger partial charge on any atom is 0.257 e. The van der Waals surface area contributed by atoms with Crippen molar-refractivity contribution in [3.05, 3.63) is 76.8 Å². The van der Waals surface area contributed by atoms with Crippen LogP contribution in [-0.4, -0.2) is 29.4 Å². The van der Waals surface area contributed by atoms with Crippen molar-refractivity contribution < 1.29 is 9.21 Å². The van der Waals surface area contributed by atoms with Crippen molar-refractivity contribution in [1.82, 2.24) is 9.88 Å². The second kappa shape index (κ2) is 6.37. The fourth-order valence-electron chi connectivity index (χ4n) is 3.26. The third-order valence-electron chi connectivity index (χ3n) is 4.64. The van der Waals surface area contributed by atoms with Gasteiger partial charge in [0.05, 0.1) is 5.56 Å². The zero-order valence-corrected chi connectivity index (χ0v) is 14.5. The number of nitrogens with zero attached hydrogens (tertiary/aromatic N) is 2. The Morgan fingerprint density at radius 3 is 2.60 bits per heavy atom. The summed E-state index contributed by atoms with van der Waals surface area (Å²) in [4.78, 5) is 18.5. The van der Waals surface area contributed by atoms with Gasteiger partial charge in [-0.3, -0.25) is 9.78 Å². The van der Waals surface area contributed by atoms with Crippen LogP contribution in [0.2, 0.25) is 5.02 Å². The SMILES string of the molecule is CN1CCC(c2ccc(Cl)cc2)c2oc(-c3ccncc3)cc2C1=O. The summed E-state index contributed by atoms with van der Waals surface area (Å²) in [5, 5.41) is 0.697. The molecular formula is C20H17ClN2O2. The van der Waals surface area contributed by atoms with Crippen LogP contribution in [0.4, 0.5) is 0 Å². The van der Waals surface area contributed by atoms with Crippen molar-refractivity contribution in [3.8, 4) is 11.3 Å². The molecule has 1 unspecified atom stereocenters. The van der Waals surface area contributed by atoms with Crippen LogP contribution in [0.3, 0.4) is 0 Å². The number of furan rings is 1. The monoisotopic (exact) mass is 352 g/mol. The van der Waals surface area contributed by atoms with E-state index in [9.17, 15) is 4.79 Å². The van der Waals surface area contributed by atoms with Crippen molar-refractivity contribution in [1.29, 1.82) is 0 Å². The molecule has 5 heteroatoms. The lowest BCUT2D eigenvalue weighted by Gasteiger charge is -2.16. The van der Waals surface area contributed by atoms with Crippen LogP contribution >= 0.6 is 11.6 Å². The minimum atomic E-state index is -0.00415. The minimum absolute atomic E-state index is 0.00415. The molecule has 0 aliphatic carbocycles. The average molecular weight is 353 g/mol. The number of rotatable bonds is 2. The Kier molecular flexibility index (Phi) is 4.06. The summed E-state index contributed by atoms with van der Waals surface area (Å²) in [5.41, 5.74) is 2.64.